The van der Waals surface area contributed by atoms with Crippen LogP contribution in [0.5, 0.6) is 0 Å². The highest BCUT2D eigenvalue weighted by molar-refractivity contribution is 5.89. The van der Waals surface area contributed by atoms with E-state index < -0.39 is 0 Å². The van der Waals surface area contributed by atoms with E-state index >= 15 is 0 Å². The average Bonchev–Trinajstić information content (AvgIpc) is 3.48. The molecule has 0 saturated carbocycles. The molecule has 0 spiro atoms. The molecule has 0 unspecified atom stereocenters. The van der Waals surface area contributed by atoms with Gasteiger partial charge in [0.15, 0.2) is 5.58 Å². The van der Waals surface area contributed by atoms with Crippen LogP contribution >= 0.6 is 0 Å². The first-order chi connectivity index (χ1) is 25.7. The summed E-state index contributed by atoms with van der Waals surface area (Å²) in [6.07, 6.45) is 21.2. The van der Waals surface area contributed by atoms with Crippen molar-refractivity contribution in [2.45, 2.75) is 0 Å². The molecule has 0 aliphatic heterocycles. The number of allylic oxidation sites excluding steroid dienone is 5. The Hall–Kier alpha value is -7.20. The van der Waals surface area contributed by atoms with Gasteiger partial charge in [-0.05, 0) is 153 Å². The highest BCUT2D eigenvalue weighted by Gasteiger charge is 2.16. The number of rotatable bonds is 7. The zero-order chi connectivity index (χ0) is 34.7. The summed E-state index contributed by atoms with van der Waals surface area (Å²) in [5.41, 5.74) is 18.3. The molecular weight excluding hydrogens is 637 g/mol. The lowest BCUT2D eigenvalue weighted by molar-refractivity contribution is 0.620. The van der Waals surface area contributed by atoms with Gasteiger partial charge in [0.1, 0.15) is 5.52 Å². The maximum Gasteiger partial charge on any atom is 0.227 e. The van der Waals surface area contributed by atoms with Crippen LogP contribution in [0.2, 0.25) is 0 Å². The molecule has 1 aliphatic carbocycles. The maximum atomic E-state index is 6.38. The molecule has 0 saturated heterocycles. The van der Waals surface area contributed by atoms with E-state index in [0.717, 1.165) is 83.4 Å². The Bertz CT molecular complexity index is 2610. The normalized spacial score (nSPS) is 12.2. The molecule has 9 rings (SSSR count). The van der Waals surface area contributed by atoms with Gasteiger partial charge in [0.2, 0.25) is 5.89 Å². The van der Waals surface area contributed by atoms with Crippen LogP contribution in [0.1, 0.15) is 5.56 Å². The van der Waals surface area contributed by atoms with Crippen LogP contribution in [0.3, 0.4) is 0 Å². The van der Waals surface area contributed by atoms with Crippen molar-refractivity contribution in [2.24, 2.45) is 0 Å². The van der Waals surface area contributed by atoms with Crippen molar-refractivity contribution in [1.29, 1.82) is 0 Å². The van der Waals surface area contributed by atoms with Gasteiger partial charge in [-0.15, -0.1) is 5.73 Å². The summed E-state index contributed by atoms with van der Waals surface area (Å²) in [5.74, 6) is 0.564. The Morgan fingerprint density at radius 2 is 0.923 bits per heavy atom. The first-order valence-electron chi connectivity index (χ1n) is 17.1. The van der Waals surface area contributed by atoms with Crippen LogP contribution in [0, 0.1) is 0 Å². The highest BCUT2D eigenvalue weighted by atomic mass is 16.3. The van der Waals surface area contributed by atoms with Gasteiger partial charge in [-0.1, -0.05) is 42.5 Å². The molecule has 4 heterocycles. The number of aromatic nitrogens is 4. The Labute approximate surface area is 301 Å². The zero-order valence-corrected chi connectivity index (χ0v) is 28.0. The smallest absolute Gasteiger partial charge is 0.227 e. The van der Waals surface area contributed by atoms with Gasteiger partial charge in [0.05, 0.1) is 0 Å². The molecule has 0 radical (unpaired) electrons. The summed E-state index contributed by atoms with van der Waals surface area (Å²) < 4.78 is 6.38. The molecule has 0 amide bonds. The molecule has 8 aromatic rings. The number of nitrogens with zero attached hydrogens (tertiary/aromatic N) is 4. The molecule has 1 aliphatic rings. The molecule has 0 N–H and O–H groups in total. The molecule has 4 aromatic heterocycles. The van der Waals surface area contributed by atoms with E-state index in [-0.39, 0.29) is 0 Å². The number of fused-ring (bicyclic) bond motifs is 1. The summed E-state index contributed by atoms with van der Waals surface area (Å²) in [6.45, 7) is 0. The summed E-state index contributed by atoms with van der Waals surface area (Å²) in [7, 11) is 0. The first kappa shape index (κ1) is 30.8. The largest absolute Gasteiger partial charge is 0.436 e. The van der Waals surface area contributed by atoms with E-state index in [0.29, 0.717) is 5.89 Å². The molecule has 0 atom stereocenters. The van der Waals surface area contributed by atoms with Crippen molar-refractivity contribution in [3.8, 4) is 67.1 Å². The fraction of sp³-hybridized carbons (Fsp3) is 0. The Kier molecular flexibility index (Phi) is 8.06. The average molecular weight is 667 g/mol. The second-order valence-electron chi connectivity index (χ2n) is 12.6. The minimum absolute atomic E-state index is 0.564. The monoisotopic (exact) mass is 666 g/mol. The van der Waals surface area contributed by atoms with Crippen LogP contribution < -0.4 is 0 Å². The van der Waals surface area contributed by atoms with Crippen LogP contribution in [0.15, 0.2) is 193 Å². The summed E-state index contributed by atoms with van der Waals surface area (Å²) in [6, 6.07) is 40.0. The van der Waals surface area contributed by atoms with Crippen molar-refractivity contribution in [3.05, 3.63) is 194 Å². The summed E-state index contributed by atoms with van der Waals surface area (Å²) in [4.78, 5) is 18.2. The molecule has 0 fully saturated rings. The fourth-order valence-electron chi connectivity index (χ4n) is 6.58. The molecule has 4 aromatic carbocycles. The standard InChI is InChI=1S/C47H30N4O/c1-2-4-11-32(10-3-1)36-20-37(33-12-7-17-48-29-33)23-40(21-36)42-26-43(28-44(27-42)47-51-45-15-5-6-16-46(45)52-47)41-24-38(34-13-8-18-49-30-34)22-39(25-41)35-14-9-19-50-31-35/h1,3-31H. The maximum absolute atomic E-state index is 6.38. The van der Waals surface area contributed by atoms with Crippen LogP contribution in [-0.4, -0.2) is 19.9 Å². The molecule has 0 bridgehead atoms. The minimum atomic E-state index is 0.564. The van der Waals surface area contributed by atoms with Gasteiger partial charge in [-0.2, -0.15) is 0 Å². The lowest BCUT2D eigenvalue weighted by atomic mass is 9.89. The fourth-order valence-corrected chi connectivity index (χ4v) is 6.58. The zero-order valence-electron chi connectivity index (χ0n) is 28.0. The predicted octanol–water partition coefficient (Wildman–Crippen LogP) is 11.7. The quantitative estimate of drug-likeness (QED) is 0.158. The number of benzene rings is 4. The van der Waals surface area contributed by atoms with E-state index in [1.165, 1.54) is 0 Å². The summed E-state index contributed by atoms with van der Waals surface area (Å²) in [5, 5.41) is 0. The molecule has 244 valence electrons. The molecule has 5 nitrogen and oxygen atoms in total. The number of hydrogen-bond donors (Lipinski definition) is 0. The lowest BCUT2D eigenvalue weighted by Gasteiger charge is -2.15. The second-order valence-corrected chi connectivity index (χ2v) is 12.6. The number of oxazole rings is 1. The number of pyridine rings is 3. The third-order valence-electron chi connectivity index (χ3n) is 9.15. The van der Waals surface area contributed by atoms with Gasteiger partial charge >= 0.3 is 0 Å². The van der Waals surface area contributed by atoms with E-state index in [1.54, 1.807) is 18.6 Å². The first-order valence-corrected chi connectivity index (χ1v) is 17.1. The van der Waals surface area contributed by atoms with Crippen molar-refractivity contribution in [3.63, 3.8) is 0 Å². The van der Waals surface area contributed by atoms with Gasteiger partial charge in [0.25, 0.3) is 0 Å². The topological polar surface area (TPSA) is 64.7 Å². The van der Waals surface area contributed by atoms with Crippen LogP contribution in [0.4, 0.5) is 0 Å². The Balaban J connectivity index is 1.29. The lowest BCUT2D eigenvalue weighted by Crippen LogP contribution is -1.91. The SMILES string of the molecule is C1=CC=CC(c2cc(-c3cccnc3)cc(-c3cc(-c4cc(-c5cccnc5)cc(-c5cccnc5)c4)cc(-c4nc5ccccc5o4)c3)c2)=CC=1. The van der Waals surface area contributed by atoms with E-state index in [1.807, 2.05) is 79.3 Å². The Morgan fingerprint density at radius 3 is 1.42 bits per heavy atom. The molecule has 52 heavy (non-hydrogen) atoms. The van der Waals surface area contributed by atoms with Gasteiger partial charge in [-0.3, -0.25) is 15.0 Å². The Morgan fingerprint density at radius 1 is 0.442 bits per heavy atom. The van der Waals surface area contributed by atoms with Gasteiger partial charge in [-0.25, -0.2) is 4.98 Å². The van der Waals surface area contributed by atoms with E-state index in [4.69, 9.17) is 9.40 Å². The van der Waals surface area contributed by atoms with Gasteiger partial charge in [0, 0.05) is 59.4 Å². The minimum Gasteiger partial charge on any atom is -0.436 e. The van der Waals surface area contributed by atoms with Crippen molar-refractivity contribution < 1.29 is 4.42 Å². The van der Waals surface area contributed by atoms with Gasteiger partial charge < -0.3 is 4.42 Å². The van der Waals surface area contributed by atoms with E-state index in [2.05, 4.69) is 106 Å². The number of para-hydroxylation sites is 2. The third-order valence-corrected chi connectivity index (χ3v) is 9.15. The van der Waals surface area contributed by atoms with Crippen molar-refractivity contribution in [1.82, 2.24) is 19.9 Å². The van der Waals surface area contributed by atoms with Crippen molar-refractivity contribution >= 4 is 16.7 Å². The highest BCUT2D eigenvalue weighted by Crippen LogP contribution is 2.39. The number of hydrogen-bond acceptors (Lipinski definition) is 5. The van der Waals surface area contributed by atoms with Crippen LogP contribution in [0.25, 0.3) is 83.8 Å². The summed E-state index contributed by atoms with van der Waals surface area (Å²) >= 11 is 0. The van der Waals surface area contributed by atoms with Crippen molar-refractivity contribution in [2.75, 3.05) is 0 Å². The molecule has 5 heteroatoms. The predicted molar refractivity (Wildman–Crippen MR) is 210 cm³/mol. The third kappa shape index (κ3) is 6.32. The van der Waals surface area contributed by atoms with Crippen LogP contribution in [-0.2, 0) is 0 Å². The molecular formula is C47H30N4O. The van der Waals surface area contributed by atoms with E-state index in [9.17, 15) is 0 Å². The second kappa shape index (κ2) is 13.6.